The predicted octanol–water partition coefficient (Wildman–Crippen LogP) is 2.35. The number of hydrogen-bond acceptors (Lipinski definition) is 5. The summed E-state index contributed by atoms with van der Waals surface area (Å²) in [6.45, 7) is 1.76. The SMILES string of the molecule is Cc1nc(C2(NC(=O)CC3(O)CCCCC3)CCCC2)no1. The van der Waals surface area contributed by atoms with E-state index in [4.69, 9.17) is 4.52 Å². The van der Waals surface area contributed by atoms with Gasteiger partial charge in [0.1, 0.15) is 5.54 Å². The number of aryl methyl sites for hydroxylation is 1. The van der Waals surface area contributed by atoms with Crippen molar-refractivity contribution in [1.29, 1.82) is 0 Å². The Morgan fingerprint density at radius 2 is 1.82 bits per heavy atom. The maximum atomic E-state index is 12.5. The monoisotopic (exact) mass is 307 g/mol. The minimum Gasteiger partial charge on any atom is -0.389 e. The summed E-state index contributed by atoms with van der Waals surface area (Å²) in [6.07, 6.45) is 8.49. The van der Waals surface area contributed by atoms with E-state index in [0.29, 0.717) is 11.7 Å². The number of aliphatic hydroxyl groups is 1. The van der Waals surface area contributed by atoms with Crippen molar-refractivity contribution in [3.05, 3.63) is 11.7 Å². The van der Waals surface area contributed by atoms with Crippen LogP contribution in [0.3, 0.4) is 0 Å². The minimum atomic E-state index is -0.838. The Bertz CT molecular complexity index is 528. The molecule has 2 saturated carbocycles. The van der Waals surface area contributed by atoms with Gasteiger partial charge in [-0.05, 0) is 25.7 Å². The first-order chi connectivity index (χ1) is 10.5. The molecule has 0 bridgehead atoms. The molecule has 1 aromatic heterocycles. The first-order valence-corrected chi connectivity index (χ1v) is 8.36. The zero-order valence-electron chi connectivity index (χ0n) is 13.2. The minimum absolute atomic E-state index is 0.103. The lowest BCUT2D eigenvalue weighted by atomic mass is 9.82. The molecule has 0 aliphatic heterocycles. The summed E-state index contributed by atoms with van der Waals surface area (Å²) in [7, 11) is 0. The van der Waals surface area contributed by atoms with Crippen LogP contribution in [0.15, 0.2) is 4.52 Å². The fourth-order valence-electron chi connectivity index (χ4n) is 3.87. The average Bonchev–Trinajstić information content (AvgIpc) is 3.09. The van der Waals surface area contributed by atoms with Crippen molar-refractivity contribution in [3.63, 3.8) is 0 Å². The van der Waals surface area contributed by atoms with Gasteiger partial charge in [0.15, 0.2) is 5.82 Å². The van der Waals surface area contributed by atoms with Crippen molar-refractivity contribution in [2.24, 2.45) is 0 Å². The number of carbonyl (C=O) groups excluding carboxylic acids is 1. The highest BCUT2D eigenvalue weighted by Crippen LogP contribution is 2.38. The van der Waals surface area contributed by atoms with E-state index in [0.717, 1.165) is 57.8 Å². The zero-order chi connectivity index (χ0) is 15.6. The molecule has 6 heteroatoms. The second-order valence-corrected chi connectivity index (χ2v) is 6.94. The Kier molecular flexibility index (Phi) is 4.21. The van der Waals surface area contributed by atoms with Gasteiger partial charge in [-0.3, -0.25) is 4.79 Å². The lowest BCUT2D eigenvalue weighted by molar-refractivity contribution is -0.129. The standard InChI is InChI=1S/C16H25N3O3/c1-12-17-14(19-22-12)16(9-5-6-10-16)18-13(20)11-15(21)7-3-2-4-8-15/h21H,2-11H2,1H3,(H,18,20). The van der Waals surface area contributed by atoms with Crippen LogP contribution in [0.5, 0.6) is 0 Å². The van der Waals surface area contributed by atoms with Gasteiger partial charge in [0, 0.05) is 6.92 Å². The highest BCUT2D eigenvalue weighted by Gasteiger charge is 2.42. The van der Waals surface area contributed by atoms with E-state index in [2.05, 4.69) is 15.5 Å². The summed E-state index contributed by atoms with van der Waals surface area (Å²) in [5.74, 6) is 0.988. The van der Waals surface area contributed by atoms with Gasteiger partial charge in [-0.25, -0.2) is 0 Å². The van der Waals surface area contributed by atoms with Crippen molar-refractivity contribution in [1.82, 2.24) is 15.5 Å². The van der Waals surface area contributed by atoms with E-state index in [9.17, 15) is 9.90 Å². The fraction of sp³-hybridized carbons (Fsp3) is 0.812. The second-order valence-electron chi connectivity index (χ2n) is 6.94. The molecule has 0 unspecified atom stereocenters. The smallest absolute Gasteiger partial charge is 0.223 e. The molecule has 22 heavy (non-hydrogen) atoms. The van der Waals surface area contributed by atoms with E-state index >= 15 is 0 Å². The number of carbonyl (C=O) groups is 1. The highest BCUT2D eigenvalue weighted by molar-refractivity contribution is 5.78. The Balaban J connectivity index is 1.70. The van der Waals surface area contributed by atoms with Crippen LogP contribution in [0.1, 0.15) is 75.9 Å². The predicted molar refractivity (Wildman–Crippen MR) is 80.0 cm³/mol. The van der Waals surface area contributed by atoms with E-state index in [1.54, 1.807) is 6.92 Å². The lowest BCUT2D eigenvalue weighted by Gasteiger charge is -2.33. The third-order valence-electron chi connectivity index (χ3n) is 5.07. The zero-order valence-corrected chi connectivity index (χ0v) is 13.2. The topological polar surface area (TPSA) is 88.2 Å². The average molecular weight is 307 g/mol. The largest absolute Gasteiger partial charge is 0.389 e. The highest BCUT2D eigenvalue weighted by atomic mass is 16.5. The summed E-state index contributed by atoms with van der Waals surface area (Å²) in [4.78, 5) is 16.8. The van der Waals surface area contributed by atoms with Crippen LogP contribution in [-0.4, -0.2) is 26.8 Å². The van der Waals surface area contributed by atoms with E-state index in [-0.39, 0.29) is 12.3 Å². The van der Waals surface area contributed by atoms with Crippen molar-refractivity contribution in [2.45, 2.75) is 82.3 Å². The Hall–Kier alpha value is -1.43. The number of nitrogens with one attached hydrogen (secondary N) is 1. The van der Waals surface area contributed by atoms with Gasteiger partial charge in [-0.2, -0.15) is 4.98 Å². The maximum Gasteiger partial charge on any atom is 0.223 e. The summed E-state index contributed by atoms with van der Waals surface area (Å²) < 4.78 is 5.09. The number of rotatable bonds is 4. The third-order valence-corrected chi connectivity index (χ3v) is 5.07. The van der Waals surface area contributed by atoms with Crippen LogP contribution >= 0.6 is 0 Å². The third kappa shape index (κ3) is 3.16. The van der Waals surface area contributed by atoms with Crippen LogP contribution < -0.4 is 5.32 Å². The van der Waals surface area contributed by atoms with Gasteiger partial charge in [-0.1, -0.05) is 37.3 Å². The Labute approximate surface area is 130 Å². The molecular weight excluding hydrogens is 282 g/mol. The number of nitrogens with zero attached hydrogens (tertiary/aromatic N) is 2. The van der Waals surface area contributed by atoms with Gasteiger partial charge in [0.2, 0.25) is 11.8 Å². The van der Waals surface area contributed by atoms with Gasteiger partial charge < -0.3 is 14.9 Å². The van der Waals surface area contributed by atoms with Gasteiger partial charge >= 0.3 is 0 Å². The molecule has 6 nitrogen and oxygen atoms in total. The number of amides is 1. The van der Waals surface area contributed by atoms with Gasteiger partial charge in [0.25, 0.3) is 0 Å². The quantitative estimate of drug-likeness (QED) is 0.891. The van der Waals surface area contributed by atoms with E-state index in [1.165, 1.54) is 0 Å². The molecule has 0 saturated heterocycles. The maximum absolute atomic E-state index is 12.5. The summed E-state index contributed by atoms with van der Waals surface area (Å²) >= 11 is 0. The molecule has 0 radical (unpaired) electrons. The second kappa shape index (κ2) is 5.99. The van der Waals surface area contributed by atoms with Crippen LogP contribution in [0.2, 0.25) is 0 Å². The molecule has 1 aromatic rings. The summed E-state index contributed by atoms with van der Waals surface area (Å²) in [5, 5.41) is 17.7. The first-order valence-electron chi connectivity index (χ1n) is 8.36. The van der Waals surface area contributed by atoms with Crippen molar-refractivity contribution < 1.29 is 14.4 Å². The molecule has 2 aliphatic rings. The molecular formula is C16H25N3O3. The van der Waals surface area contributed by atoms with Gasteiger partial charge in [0.05, 0.1) is 12.0 Å². The number of hydrogen-bond donors (Lipinski definition) is 2. The van der Waals surface area contributed by atoms with Crippen LogP contribution in [0.25, 0.3) is 0 Å². The lowest BCUT2D eigenvalue weighted by Crippen LogP contribution is -2.47. The molecule has 2 aliphatic carbocycles. The molecule has 2 N–H and O–H groups in total. The molecule has 2 fully saturated rings. The molecule has 1 amide bonds. The molecule has 0 aromatic carbocycles. The van der Waals surface area contributed by atoms with E-state index in [1.807, 2.05) is 0 Å². The van der Waals surface area contributed by atoms with Crippen molar-refractivity contribution in [3.8, 4) is 0 Å². The molecule has 0 atom stereocenters. The van der Waals surface area contributed by atoms with Crippen LogP contribution in [0.4, 0.5) is 0 Å². The summed E-state index contributed by atoms with van der Waals surface area (Å²) in [6, 6.07) is 0. The fourth-order valence-corrected chi connectivity index (χ4v) is 3.87. The van der Waals surface area contributed by atoms with Crippen molar-refractivity contribution >= 4 is 5.91 Å². The van der Waals surface area contributed by atoms with Crippen molar-refractivity contribution in [2.75, 3.05) is 0 Å². The molecule has 0 spiro atoms. The number of aromatic nitrogens is 2. The normalized spacial score (nSPS) is 23.4. The van der Waals surface area contributed by atoms with Crippen LogP contribution in [-0.2, 0) is 10.3 Å². The van der Waals surface area contributed by atoms with Gasteiger partial charge in [-0.15, -0.1) is 0 Å². The Morgan fingerprint density at radius 1 is 1.18 bits per heavy atom. The summed E-state index contributed by atoms with van der Waals surface area (Å²) in [5.41, 5.74) is -1.35. The first kappa shape index (κ1) is 15.5. The van der Waals surface area contributed by atoms with Crippen LogP contribution in [0, 0.1) is 6.92 Å². The molecule has 1 heterocycles. The van der Waals surface area contributed by atoms with E-state index < -0.39 is 11.1 Å². The Morgan fingerprint density at radius 3 is 2.41 bits per heavy atom. The molecule has 122 valence electrons. The molecule has 3 rings (SSSR count).